The van der Waals surface area contributed by atoms with Crippen LogP contribution in [0.25, 0.3) is 5.57 Å². The van der Waals surface area contributed by atoms with E-state index >= 15 is 0 Å². The van der Waals surface area contributed by atoms with Gasteiger partial charge in [0.05, 0.1) is 11.8 Å². The minimum absolute atomic E-state index is 0.162. The van der Waals surface area contributed by atoms with E-state index < -0.39 is 0 Å². The van der Waals surface area contributed by atoms with Crippen LogP contribution < -0.4 is 0 Å². The molecule has 17 heavy (non-hydrogen) atoms. The Balaban J connectivity index is 2.36. The van der Waals surface area contributed by atoms with Crippen molar-refractivity contribution in [2.45, 2.75) is 52.7 Å². The summed E-state index contributed by atoms with van der Waals surface area (Å²) in [5, 5.41) is 14.3. The van der Waals surface area contributed by atoms with Gasteiger partial charge in [0.1, 0.15) is 0 Å². The van der Waals surface area contributed by atoms with Crippen LogP contribution in [-0.4, -0.2) is 21.0 Å². The van der Waals surface area contributed by atoms with Gasteiger partial charge in [-0.2, -0.15) is 5.10 Å². The van der Waals surface area contributed by atoms with Crippen molar-refractivity contribution in [1.29, 1.82) is 0 Å². The maximum Gasteiger partial charge on any atom is 0.0732 e. The third kappa shape index (κ3) is 2.60. The summed E-state index contributed by atoms with van der Waals surface area (Å²) in [6.45, 7) is 8.67. The SMILES string of the molecule is CC(C)n1nccc1C1=CC(O)CC(C)(C)C1. The largest absolute Gasteiger partial charge is 0.389 e. The number of nitrogens with zero attached hydrogens (tertiary/aromatic N) is 2. The predicted octanol–water partition coefficient (Wildman–Crippen LogP) is 3.03. The molecule has 0 radical (unpaired) electrons. The molecular formula is C14H22N2O. The van der Waals surface area contributed by atoms with Gasteiger partial charge in [-0.3, -0.25) is 4.68 Å². The molecule has 0 saturated heterocycles. The van der Waals surface area contributed by atoms with Crippen molar-refractivity contribution in [3.05, 3.63) is 24.0 Å². The molecule has 0 saturated carbocycles. The molecule has 1 aromatic heterocycles. The normalized spacial score (nSPS) is 23.9. The second-order valence-corrected chi connectivity index (χ2v) is 6.06. The Morgan fingerprint density at radius 2 is 2.18 bits per heavy atom. The molecule has 1 unspecified atom stereocenters. The van der Waals surface area contributed by atoms with E-state index in [9.17, 15) is 5.11 Å². The fourth-order valence-corrected chi connectivity index (χ4v) is 2.66. The molecule has 3 heteroatoms. The van der Waals surface area contributed by atoms with Crippen molar-refractivity contribution < 1.29 is 5.11 Å². The molecular weight excluding hydrogens is 212 g/mol. The monoisotopic (exact) mass is 234 g/mol. The molecule has 1 aliphatic rings. The van der Waals surface area contributed by atoms with Gasteiger partial charge in [-0.25, -0.2) is 0 Å². The lowest BCUT2D eigenvalue weighted by Crippen LogP contribution is -2.25. The van der Waals surface area contributed by atoms with Gasteiger partial charge < -0.3 is 5.11 Å². The van der Waals surface area contributed by atoms with Gasteiger partial charge in [-0.15, -0.1) is 0 Å². The maximum absolute atomic E-state index is 9.94. The van der Waals surface area contributed by atoms with Crippen LogP contribution in [0.15, 0.2) is 18.3 Å². The molecule has 0 fully saturated rings. The Kier molecular flexibility index (Phi) is 3.13. The summed E-state index contributed by atoms with van der Waals surface area (Å²) in [5.41, 5.74) is 2.53. The first-order valence-electron chi connectivity index (χ1n) is 6.32. The first kappa shape index (κ1) is 12.4. The van der Waals surface area contributed by atoms with Crippen LogP contribution in [0.4, 0.5) is 0 Å². The molecule has 1 aliphatic carbocycles. The molecule has 1 heterocycles. The molecule has 3 nitrogen and oxygen atoms in total. The van der Waals surface area contributed by atoms with E-state index in [1.807, 2.05) is 23.0 Å². The van der Waals surface area contributed by atoms with Gasteiger partial charge >= 0.3 is 0 Å². The zero-order chi connectivity index (χ0) is 12.6. The van der Waals surface area contributed by atoms with Crippen molar-refractivity contribution in [3.63, 3.8) is 0 Å². The Morgan fingerprint density at radius 3 is 2.76 bits per heavy atom. The minimum atomic E-state index is -0.329. The third-order valence-corrected chi connectivity index (χ3v) is 3.31. The highest BCUT2D eigenvalue weighted by atomic mass is 16.3. The number of aromatic nitrogens is 2. The fraction of sp³-hybridized carbons (Fsp3) is 0.643. The number of aliphatic hydroxyl groups excluding tert-OH is 1. The van der Waals surface area contributed by atoms with Gasteiger partial charge in [0.25, 0.3) is 0 Å². The maximum atomic E-state index is 9.94. The van der Waals surface area contributed by atoms with Crippen molar-refractivity contribution >= 4 is 5.57 Å². The first-order chi connectivity index (χ1) is 7.89. The highest BCUT2D eigenvalue weighted by Gasteiger charge is 2.29. The van der Waals surface area contributed by atoms with E-state index in [0.29, 0.717) is 6.04 Å². The summed E-state index contributed by atoms with van der Waals surface area (Å²) in [4.78, 5) is 0. The smallest absolute Gasteiger partial charge is 0.0732 e. The molecule has 1 N–H and O–H groups in total. The summed E-state index contributed by atoms with van der Waals surface area (Å²) in [5.74, 6) is 0. The van der Waals surface area contributed by atoms with Gasteiger partial charge in [0.15, 0.2) is 0 Å². The van der Waals surface area contributed by atoms with Crippen LogP contribution >= 0.6 is 0 Å². The second kappa shape index (κ2) is 4.30. The Morgan fingerprint density at radius 1 is 1.47 bits per heavy atom. The topological polar surface area (TPSA) is 38.0 Å². The van der Waals surface area contributed by atoms with Crippen LogP contribution in [-0.2, 0) is 0 Å². The van der Waals surface area contributed by atoms with E-state index in [-0.39, 0.29) is 11.5 Å². The number of hydrogen-bond acceptors (Lipinski definition) is 2. The highest BCUT2D eigenvalue weighted by molar-refractivity contribution is 5.65. The number of rotatable bonds is 2. The summed E-state index contributed by atoms with van der Waals surface area (Å²) in [6, 6.07) is 2.39. The van der Waals surface area contributed by atoms with Crippen molar-refractivity contribution in [1.82, 2.24) is 9.78 Å². The zero-order valence-electron chi connectivity index (χ0n) is 11.1. The standard InChI is InChI=1S/C14H22N2O/c1-10(2)16-13(5-6-15-16)11-7-12(17)9-14(3,4)8-11/h5-7,10,12,17H,8-9H2,1-4H3. The highest BCUT2D eigenvalue weighted by Crippen LogP contribution is 2.39. The van der Waals surface area contributed by atoms with Gasteiger partial charge in [0.2, 0.25) is 0 Å². The molecule has 0 bridgehead atoms. The van der Waals surface area contributed by atoms with Crippen LogP contribution in [0, 0.1) is 5.41 Å². The predicted molar refractivity (Wildman–Crippen MR) is 69.6 cm³/mol. The Bertz CT molecular complexity index is 429. The average molecular weight is 234 g/mol. The van der Waals surface area contributed by atoms with Crippen LogP contribution in [0.2, 0.25) is 0 Å². The van der Waals surface area contributed by atoms with E-state index in [1.165, 1.54) is 5.57 Å². The quantitative estimate of drug-likeness (QED) is 0.854. The lowest BCUT2D eigenvalue weighted by atomic mass is 9.75. The fourth-order valence-electron chi connectivity index (χ4n) is 2.66. The summed E-state index contributed by atoms with van der Waals surface area (Å²) in [7, 11) is 0. The van der Waals surface area contributed by atoms with Gasteiger partial charge in [0, 0.05) is 12.2 Å². The van der Waals surface area contributed by atoms with E-state index in [0.717, 1.165) is 18.5 Å². The number of hydrogen-bond donors (Lipinski definition) is 1. The molecule has 0 aromatic carbocycles. The lowest BCUT2D eigenvalue weighted by Gasteiger charge is -2.33. The number of allylic oxidation sites excluding steroid dienone is 1. The van der Waals surface area contributed by atoms with Crippen LogP contribution in [0.5, 0.6) is 0 Å². The molecule has 94 valence electrons. The van der Waals surface area contributed by atoms with Crippen molar-refractivity contribution in [2.75, 3.05) is 0 Å². The minimum Gasteiger partial charge on any atom is -0.389 e. The van der Waals surface area contributed by atoms with Crippen molar-refractivity contribution in [3.8, 4) is 0 Å². The molecule has 2 rings (SSSR count). The van der Waals surface area contributed by atoms with E-state index in [2.05, 4.69) is 32.8 Å². The van der Waals surface area contributed by atoms with Gasteiger partial charge in [-0.1, -0.05) is 19.9 Å². The Labute approximate surface area is 103 Å². The van der Waals surface area contributed by atoms with Crippen LogP contribution in [0.3, 0.4) is 0 Å². The molecule has 0 aliphatic heterocycles. The number of aliphatic hydroxyl groups is 1. The zero-order valence-corrected chi connectivity index (χ0v) is 11.1. The molecule has 1 aromatic rings. The van der Waals surface area contributed by atoms with Crippen molar-refractivity contribution in [2.24, 2.45) is 5.41 Å². The summed E-state index contributed by atoms with van der Waals surface area (Å²) >= 11 is 0. The van der Waals surface area contributed by atoms with E-state index in [1.54, 1.807) is 0 Å². The molecule has 0 amide bonds. The average Bonchev–Trinajstić information content (AvgIpc) is 2.61. The second-order valence-electron chi connectivity index (χ2n) is 6.06. The molecule has 1 atom stereocenters. The summed E-state index contributed by atoms with van der Waals surface area (Å²) < 4.78 is 2.03. The Hall–Kier alpha value is -1.09. The molecule has 0 spiro atoms. The lowest BCUT2D eigenvalue weighted by molar-refractivity contribution is 0.146. The third-order valence-electron chi connectivity index (χ3n) is 3.31. The van der Waals surface area contributed by atoms with Gasteiger partial charge in [-0.05, 0) is 43.7 Å². The first-order valence-corrected chi connectivity index (χ1v) is 6.32. The van der Waals surface area contributed by atoms with Crippen LogP contribution in [0.1, 0.15) is 52.3 Å². The van der Waals surface area contributed by atoms with E-state index in [4.69, 9.17) is 0 Å². The summed E-state index contributed by atoms with van der Waals surface area (Å²) in [6.07, 6.45) is 5.34.